The lowest BCUT2D eigenvalue weighted by Gasteiger charge is -2.06. The van der Waals surface area contributed by atoms with Gasteiger partial charge in [0.25, 0.3) is 0 Å². The third kappa shape index (κ3) is 3.39. The van der Waals surface area contributed by atoms with Gasteiger partial charge in [0.15, 0.2) is 0 Å². The Balaban J connectivity index is 3.32. The van der Waals surface area contributed by atoms with Crippen LogP contribution in [0.2, 0.25) is 5.02 Å². The summed E-state index contributed by atoms with van der Waals surface area (Å²) in [6.45, 7) is -1.38. The molecule has 0 atom stereocenters. The third-order valence-electron chi connectivity index (χ3n) is 2.07. The average molecular weight is 275 g/mol. The predicted octanol–water partition coefficient (Wildman–Crippen LogP) is 1.59. The van der Waals surface area contributed by atoms with Crippen LogP contribution in [-0.2, 0) is 13.1 Å². The van der Waals surface area contributed by atoms with E-state index in [4.69, 9.17) is 16.7 Å². The molecule has 0 radical (unpaired) electrons. The summed E-state index contributed by atoms with van der Waals surface area (Å²) in [4.78, 5) is 30.2. The molecule has 1 aromatic rings. The van der Waals surface area contributed by atoms with E-state index in [2.05, 4.69) is 0 Å². The molecule has 96 valence electrons. The minimum absolute atomic E-state index is 0.0570. The molecule has 0 saturated carbocycles. The van der Waals surface area contributed by atoms with E-state index in [9.17, 15) is 25.0 Å². The molecule has 0 aliphatic rings. The zero-order valence-corrected chi connectivity index (χ0v) is 9.59. The number of aromatic carboxylic acids is 1. The van der Waals surface area contributed by atoms with Crippen LogP contribution in [0.3, 0.4) is 0 Å². The number of rotatable bonds is 5. The number of hydrogen-bond donors (Lipinski definition) is 1. The summed E-state index contributed by atoms with van der Waals surface area (Å²) in [5, 5.41) is 29.5. The maximum absolute atomic E-state index is 10.8. The molecular weight excluding hydrogens is 268 g/mol. The Morgan fingerprint density at radius 1 is 1.17 bits per heavy atom. The summed E-state index contributed by atoms with van der Waals surface area (Å²) >= 11 is 5.77. The van der Waals surface area contributed by atoms with Crippen molar-refractivity contribution < 1.29 is 19.7 Å². The second-order valence-electron chi connectivity index (χ2n) is 3.40. The molecule has 1 rings (SSSR count). The lowest BCUT2D eigenvalue weighted by Crippen LogP contribution is -2.08. The molecule has 0 fully saturated rings. The van der Waals surface area contributed by atoms with E-state index in [-0.39, 0.29) is 21.7 Å². The van der Waals surface area contributed by atoms with Crippen LogP contribution in [0, 0.1) is 20.2 Å². The Hall–Kier alpha value is -2.22. The Morgan fingerprint density at radius 3 is 1.83 bits per heavy atom. The van der Waals surface area contributed by atoms with Crippen LogP contribution in [0.4, 0.5) is 0 Å². The first-order valence-corrected chi connectivity index (χ1v) is 4.97. The number of hydrogen-bond acceptors (Lipinski definition) is 5. The van der Waals surface area contributed by atoms with Gasteiger partial charge >= 0.3 is 5.97 Å². The second kappa shape index (κ2) is 5.41. The second-order valence-corrected chi connectivity index (χ2v) is 3.77. The van der Waals surface area contributed by atoms with E-state index in [1.807, 2.05) is 0 Å². The molecule has 0 saturated heterocycles. The summed E-state index contributed by atoms with van der Waals surface area (Å²) in [5.41, 5.74) is -0.384. The molecule has 0 aliphatic heterocycles. The molecule has 0 aromatic heterocycles. The fourth-order valence-electron chi connectivity index (χ4n) is 1.38. The largest absolute Gasteiger partial charge is 0.478 e. The maximum atomic E-state index is 10.8. The molecule has 1 N–H and O–H groups in total. The van der Waals surface area contributed by atoms with Crippen molar-refractivity contribution in [3.8, 4) is 0 Å². The van der Waals surface area contributed by atoms with Crippen LogP contribution < -0.4 is 0 Å². The van der Waals surface area contributed by atoms with Gasteiger partial charge in [0, 0.05) is 21.0 Å². The normalized spacial score (nSPS) is 10.1. The molecule has 0 heterocycles. The first kappa shape index (κ1) is 13.8. The van der Waals surface area contributed by atoms with Crippen molar-refractivity contribution in [2.24, 2.45) is 0 Å². The smallest absolute Gasteiger partial charge is 0.335 e. The van der Waals surface area contributed by atoms with Gasteiger partial charge in [-0.25, -0.2) is 4.79 Å². The quantitative estimate of drug-likeness (QED) is 0.642. The van der Waals surface area contributed by atoms with Crippen LogP contribution in [0.1, 0.15) is 21.5 Å². The Kier molecular flexibility index (Phi) is 4.16. The highest BCUT2D eigenvalue weighted by atomic mass is 35.5. The fraction of sp³-hybridized carbons (Fsp3) is 0.222. The SMILES string of the molecule is O=C(O)c1cc(C[N+](=O)[O-])c(Cl)c(C[N+](=O)[O-])c1. The van der Waals surface area contributed by atoms with Gasteiger partial charge in [-0.1, -0.05) is 11.6 Å². The van der Waals surface area contributed by atoms with Crippen molar-refractivity contribution in [3.63, 3.8) is 0 Å². The Bertz CT molecular complexity index is 493. The topological polar surface area (TPSA) is 124 Å². The van der Waals surface area contributed by atoms with Gasteiger partial charge in [-0.2, -0.15) is 0 Å². The first-order valence-electron chi connectivity index (χ1n) is 4.59. The predicted molar refractivity (Wildman–Crippen MR) is 59.8 cm³/mol. The van der Waals surface area contributed by atoms with E-state index < -0.39 is 28.9 Å². The summed E-state index contributed by atoms with van der Waals surface area (Å²) in [5.74, 6) is -1.33. The number of nitro groups is 2. The number of halogens is 1. The van der Waals surface area contributed by atoms with Crippen molar-refractivity contribution >= 4 is 17.6 Å². The molecule has 0 amide bonds. The fourth-order valence-corrected chi connectivity index (χ4v) is 1.61. The van der Waals surface area contributed by atoms with Gasteiger partial charge in [0.05, 0.1) is 10.6 Å². The minimum atomic E-state index is -1.33. The summed E-state index contributed by atoms with van der Waals surface area (Å²) < 4.78 is 0. The monoisotopic (exact) mass is 274 g/mol. The van der Waals surface area contributed by atoms with Crippen LogP contribution in [0.25, 0.3) is 0 Å². The van der Waals surface area contributed by atoms with E-state index in [0.717, 1.165) is 12.1 Å². The molecule has 0 spiro atoms. The van der Waals surface area contributed by atoms with Crippen molar-refractivity contribution in [1.29, 1.82) is 0 Å². The van der Waals surface area contributed by atoms with Crippen molar-refractivity contribution in [1.82, 2.24) is 0 Å². The van der Waals surface area contributed by atoms with Gasteiger partial charge in [0.1, 0.15) is 0 Å². The van der Waals surface area contributed by atoms with Gasteiger partial charge in [-0.15, -0.1) is 0 Å². The molecule has 0 aliphatic carbocycles. The lowest BCUT2D eigenvalue weighted by molar-refractivity contribution is -0.498. The highest BCUT2D eigenvalue weighted by molar-refractivity contribution is 6.32. The highest BCUT2D eigenvalue weighted by Crippen LogP contribution is 2.25. The zero-order chi connectivity index (χ0) is 13.9. The summed E-state index contributed by atoms with van der Waals surface area (Å²) in [7, 11) is 0. The molecule has 9 heteroatoms. The third-order valence-corrected chi connectivity index (χ3v) is 2.55. The number of benzene rings is 1. The van der Waals surface area contributed by atoms with Crippen LogP contribution >= 0.6 is 11.6 Å². The van der Waals surface area contributed by atoms with Crippen molar-refractivity contribution in [2.75, 3.05) is 0 Å². The van der Waals surface area contributed by atoms with E-state index >= 15 is 0 Å². The molecule has 0 unspecified atom stereocenters. The van der Waals surface area contributed by atoms with Gasteiger partial charge in [0.2, 0.25) is 13.1 Å². The van der Waals surface area contributed by atoms with Gasteiger partial charge in [-0.3, -0.25) is 20.2 Å². The molecule has 18 heavy (non-hydrogen) atoms. The van der Waals surface area contributed by atoms with E-state index in [1.165, 1.54) is 0 Å². The summed E-state index contributed by atoms with van der Waals surface area (Å²) in [6, 6.07) is 2.08. The summed E-state index contributed by atoms with van der Waals surface area (Å²) in [6.07, 6.45) is 0. The number of carboxylic acid groups (broad SMARTS) is 1. The van der Waals surface area contributed by atoms with Crippen LogP contribution in [0.5, 0.6) is 0 Å². The number of carboxylic acids is 1. The molecule has 1 aromatic carbocycles. The first-order chi connectivity index (χ1) is 8.31. The molecule has 0 bridgehead atoms. The zero-order valence-electron chi connectivity index (χ0n) is 8.83. The van der Waals surface area contributed by atoms with Crippen molar-refractivity contribution in [3.05, 3.63) is 54.1 Å². The molecular formula is C9H7ClN2O6. The maximum Gasteiger partial charge on any atom is 0.335 e. The van der Waals surface area contributed by atoms with E-state index in [0.29, 0.717) is 0 Å². The van der Waals surface area contributed by atoms with Gasteiger partial charge in [-0.05, 0) is 12.1 Å². The molecule has 8 nitrogen and oxygen atoms in total. The minimum Gasteiger partial charge on any atom is -0.478 e. The number of carbonyl (C=O) groups is 1. The van der Waals surface area contributed by atoms with Crippen molar-refractivity contribution in [2.45, 2.75) is 13.1 Å². The van der Waals surface area contributed by atoms with Crippen LogP contribution in [-0.4, -0.2) is 20.9 Å². The van der Waals surface area contributed by atoms with Gasteiger partial charge < -0.3 is 5.11 Å². The Morgan fingerprint density at radius 2 is 1.56 bits per heavy atom. The highest BCUT2D eigenvalue weighted by Gasteiger charge is 2.18. The standard InChI is InChI=1S/C9H7ClN2O6/c10-8-6(3-11(15)16)1-5(9(13)14)2-7(8)4-12(17)18/h1-2H,3-4H2,(H,13,14). The van der Waals surface area contributed by atoms with Crippen LogP contribution in [0.15, 0.2) is 12.1 Å². The Labute approximate surface area is 105 Å². The lowest BCUT2D eigenvalue weighted by atomic mass is 10.1. The number of nitrogens with zero attached hydrogens (tertiary/aromatic N) is 2. The average Bonchev–Trinajstić information content (AvgIpc) is 2.22. The van der Waals surface area contributed by atoms with E-state index in [1.54, 1.807) is 0 Å².